The van der Waals surface area contributed by atoms with Gasteiger partial charge in [-0.2, -0.15) is 0 Å². The van der Waals surface area contributed by atoms with Gasteiger partial charge in [0.05, 0.1) is 5.25 Å². The SMILES string of the molecule is CC(Sc1cccc(NC(=O)/C(=C/c2cccs2)NC(=O)c2ccccc2)c1)C(=O)Nc1ccc2ccccc2c1. The minimum atomic E-state index is -0.452. The van der Waals surface area contributed by atoms with Crippen LogP contribution in [0.5, 0.6) is 0 Å². The van der Waals surface area contributed by atoms with Gasteiger partial charge in [-0.15, -0.1) is 23.1 Å². The first kappa shape index (κ1) is 27.9. The van der Waals surface area contributed by atoms with E-state index in [0.717, 1.165) is 26.2 Å². The third kappa shape index (κ3) is 7.51. The van der Waals surface area contributed by atoms with Crippen LogP contribution in [0.25, 0.3) is 16.8 Å². The molecule has 5 rings (SSSR count). The second-order valence-electron chi connectivity index (χ2n) is 9.19. The molecule has 204 valence electrons. The van der Waals surface area contributed by atoms with E-state index in [-0.39, 0.29) is 22.8 Å². The van der Waals surface area contributed by atoms with Gasteiger partial charge in [-0.05, 0) is 77.7 Å². The van der Waals surface area contributed by atoms with Crippen molar-refractivity contribution in [1.29, 1.82) is 0 Å². The van der Waals surface area contributed by atoms with Gasteiger partial charge < -0.3 is 16.0 Å². The zero-order valence-electron chi connectivity index (χ0n) is 22.2. The molecule has 0 radical (unpaired) electrons. The molecule has 0 aliphatic heterocycles. The number of thiophene rings is 1. The second kappa shape index (κ2) is 13.1. The summed E-state index contributed by atoms with van der Waals surface area (Å²) >= 11 is 2.85. The third-order valence-electron chi connectivity index (χ3n) is 6.15. The Hall–Kier alpha value is -4.66. The van der Waals surface area contributed by atoms with Crippen LogP contribution >= 0.6 is 23.1 Å². The van der Waals surface area contributed by atoms with E-state index in [1.54, 1.807) is 36.4 Å². The highest BCUT2D eigenvalue weighted by molar-refractivity contribution is 8.00. The van der Waals surface area contributed by atoms with Crippen LogP contribution in [-0.2, 0) is 9.59 Å². The Bertz CT molecular complexity index is 1720. The van der Waals surface area contributed by atoms with E-state index < -0.39 is 5.91 Å². The Morgan fingerprint density at radius 3 is 2.29 bits per heavy atom. The summed E-state index contributed by atoms with van der Waals surface area (Å²) in [5, 5.41) is 12.3. The number of nitrogens with one attached hydrogen (secondary N) is 3. The van der Waals surface area contributed by atoms with Crippen molar-refractivity contribution >= 4 is 69.0 Å². The molecule has 5 aromatic rings. The van der Waals surface area contributed by atoms with Gasteiger partial charge in [0.1, 0.15) is 5.70 Å². The van der Waals surface area contributed by atoms with Crippen molar-refractivity contribution in [1.82, 2.24) is 5.32 Å². The molecular formula is C33H27N3O3S2. The largest absolute Gasteiger partial charge is 0.325 e. The molecule has 0 saturated carbocycles. The van der Waals surface area contributed by atoms with Gasteiger partial charge in [-0.1, -0.05) is 60.7 Å². The number of carbonyl (C=O) groups is 3. The van der Waals surface area contributed by atoms with Gasteiger partial charge in [0, 0.05) is 26.7 Å². The van der Waals surface area contributed by atoms with E-state index in [1.165, 1.54) is 23.1 Å². The summed E-state index contributed by atoms with van der Waals surface area (Å²) in [4.78, 5) is 40.7. The summed E-state index contributed by atoms with van der Waals surface area (Å²) in [6.07, 6.45) is 1.65. The van der Waals surface area contributed by atoms with Gasteiger partial charge >= 0.3 is 0 Å². The van der Waals surface area contributed by atoms with Crippen LogP contribution in [0.2, 0.25) is 0 Å². The monoisotopic (exact) mass is 577 g/mol. The highest BCUT2D eigenvalue weighted by Gasteiger charge is 2.17. The summed E-state index contributed by atoms with van der Waals surface area (Å²) < 4.78 is 0. The first-order valence-corrected chi connectivity index (χ1v) is 14.7. The molecule has 0 spiro atoms. The minimum absolute atomic E-state index is 0.121. The number of fused-ring (bicyclic) bond motifs is 1. The second-order valence-corrected chi connectivity index (χ2v) is 11.6. The van der Waals surface area contributed by atoms with Crippen molar-refractivity contribution in [3.63, 3.8) is 0 Å². The Balaban J connectivity index is 1.25. The van der Waals surface area contributed by atoms with Crippen molar-refractivity contribution in [2.75, 3.05) is 10.6 Å². The molecule has 8 heteroatoms. The number of thioether (sulfide) groups is 1. The Kier molecular flexibility index (Phi) is 8.93. The van der Waals surface area contributed by atoms with Crippen LogP contribution in [0.1, 0.15) is 22.2 Å². The summed E-state index contributed by atoms with van der Waals surface area (Å²) in [7, 11) is 0. The van der Waals surface area contributed by atoms with Crippen molar-refractivity contribution in [2.24, 2.45) is 0 Å². The van der Waals surface area contributed by atoms with E-state index in [1.807, 2.05) is 91.2 Å². The van der Waals surface area contributed by atoms with Crippen LogP contribution in [0, 0.1) is 0 Å². The Labute approximate surface area is 246 Å². The molecule has 3 N–H and O–H groups in total. The number of amides is 3. The molecular weight excluding hydrogens is 551 g/mol. The standard InChI is InChI=1S/C33H27N3O3S2/c1-22(31(37)34-27-17-16-23-9-5-6-12-25(23)19-27)41-29-14-7-13-26(20-29)35-33(39)30(21-28-15-8-18-40-28)36-32(38)24-10-3-2-4-11-24/h2-22H,1H3,(H,34,37)(H,35,39)(H,36,38)/b30-21-. The van der Waals surface area contributed by atoms with E-state index in [9.17, 15) is 14.4 Å². The molecule has 41 heavy (non-hydrogen) atoms. The predicted molar refractivity (Wildman–Crippen MR) is 169 cm³/mol. The van der Waals surface area contributed by atoms with Crippen LogP contribution in [0.3, 0.4) is 0 Å². The predicted octanol–water partition coefficient (Wildman–Crippen LogP) is 7.43. The van der Waals surface area contributed by atoms with Gasteiger partial charge in [-0.25, -0.2) is 0 Å². The van der Waals surface area contributed by atoms with E-state index >= 15 is 0 Å². The van der Waals surface area contributed by atoms with Crippen molar-refractivity contribution in [3.8, 4) is 0 Å². The zero-order chi connectivity index (χ0) is 28.6. The summed E-state index contributed by atoms with van der Waals surface area (Å²) in [5.41, 5.74) is 1.87. The summed E-state index contributed by atoms with van der Waals surface area (Å²) in [5.74, 6) is -0.949. The molecule has 1 unspecified atom stereocenters. The molecule has 0 bridgehead atoms. The lowest BCUT2D eigenvalue weighted by Gasteiger charge is -2.14. The maximum atomic E-state index is 13.3. The fraction of sp³-hybridized carbons (Fsp3) is 0.0606. The average Bonchev–Trinajstić information content (AvgIpc) is 3.50. The molecule has 4 aromatic carbocycles. The molecule has 6 nitrogen and oxygen atoms in total. The molecule has 0 fully saturated rings. The number of carbonyl (C=O) groups excluding carboxylic acids is 3. The molecule has 0 saturated heterocycles. The number of anilines is 2. The number of rotatable bonds is 9. The third-order valence-corrected chi connectivity index (χ3v) is 8.06. The number of hydrogen-bond donors (Lipinski definition) is 3. The van der Waals surface area contributed by atoms with Gasteiger partial charge in [-0.3, -0.25) is 14.4 Å². The zero-order valence-corrected chi connectivity index (χ0v) is 23.8. The average molecular weight is 578 g/mol. The minimum Gasteiger partial charge on any atom is -0.325 e. The fourth-order valence-electron chi connectivity index (χ4n) is 4.07. The first-order valence-electron chi connectivity index (χ1n) is 12.9. The number of hydrogen-bond acceptors (Lipinski definition) is 5. The van der Waals surface area contributed by atoms with E-state index in [4.69, 9.17) is 0 Å². The van der Waals surface area contributed by atoms with Crippen LogP contribution in [0.4, 0.5) is 11.4 Å². The van der Waals surface area contributed by atoms with Crippen LogP contribution in [0.15, 0.2) is 125 Å². The van der Waals surface area contributed by atoms with Crippen molar-refractivity contribution in [3.05, 3.63) is 131 Å². The highest BCUT2D eigenvalue weighted by Crippen LogP contribution is 2.27. The number of benzene rings is 4. The molecule has 1 heterocycles. The molecule has 0 aliphatic carbocycles. The van der Waals surface area contributed by atoms with Crippen LogP contribution < -0.4 is 16.0 Å². The maximum absolute atomic E-state index is 13.3. The van der Waals surface area contributed by atoms with E-state index in [2.05, 4.69) is 16.0 Å². The van der Waals surface area contributed by atoms with Crippen molar-refractivity contribution in [2.45, 2.75) is 17.1 Å². The normalized spacial score (nSPS) is 12.0. The van der Waals surface area contributed by atoms with Crippen LogP contribution in [-0.4, -0.2) is 23.0 Å². The molecule has 1 aromatic heterocycles. The lowest BCUT2D eigenvalue weighted by molar-refractivity contribution is -0.115. The first-order chi connectivity index (χ1) is 19.9. The smallest absolute Gasteiger partial charge is 0.272 e. The summed E-state index contributed by atoms with van der Waals surface area (Å²) in [6, 6.07) is 33.6. The van der Waals surface area contributed by atoms with Crippen molar-refractivity contribution < 1.29 is 14.4 Å². The molecule has 0 aliphatic rings. The lowest BCUT2D eigenvalue weighted by Crippen LogP contribution is -2.30. The Morgan fingerprint density at radius 2 is 1.51 bits per heavy atom. The van der Waals surface area contributed by atoms with Gasteiger partial charge in [0.15, 0.2) is 0 Å². The molecule has 3 amide bonds. The van der Waals surface area contributed by atoms with Gasteiger partial charge in [0.2, 0.25) is 5.91 Å². The fourth-order valence-corrected chi connectivity index (χ4v) is 5.66. The highest BCUT2D eigenvalue weighted by atomic mass is 32.2. The van der Waals surface area contributed by atoms with Gasteiger partial charge in [0.25, 0.3) is 11.8 Å². The molecule has 1 atom stereocenters. The lowest BCUT2D eigenvalue weighted by atomic mass is 10.1. The summed E-state index contributed by atoms with van der Waals surface area (Å²) in [6.45, 7) is 1.84. The topological polar surface area (TPSA) is 87.3 Å². The quantitative estimate of drug-likeness (QED) is 0.126. The maximum Gasteiger partial charge on any atom is 0.272 e. The van der Waals surface area contributed by atoms with E-state index in [0.29, 0.717) is 11.3 Å². The Morgan fingerprint density at radius 1 is 0.756 bits per heavy atom.